The van der Waals surface area contributed by atoms with Crippen molar-refractivity contribution in [1.29, 1.82) is 0 Å². The third-order valence-corrected chi connectivity index (χ3v) is 4.94. The highest BCUT2D eigenvalue weighted by Crippen LogP contribution is 2.18. The number of ether oxygens (including phenoxy) is 1. The molecular weight excluding hydrogens is 362 g/mol. The molecule has 0 fully saturated rings. The van der Waals surface area contributed by atoms with Crippen molar-refractivity contribution >= 4 is 12.0 Å². The van der Waals surface area contributed by atoms with E-state index < -0.39 is 0 Å². The largest absolute Gasteiger partial charge is 0.496 e. The molecule has 0 aliphatic carbocycles. The molecule has 1 heterocycles. The lowest BCUT2D eigenvalue weighted by Crippen LogP contribution is -2.20. The molecule has 3 rings (SSSR count). The first kappa shape index (κ1) is 20.4. The number of aromatic nitrogens is 2. The SMILES string of the molecule is COc1ccccc1CNC(=O)/C=C/c1c(C)nn(Cc2ccc(C)cc2)c1C. The number of carbonyl (C=O) groups excluding carboxylic acids is 1. The fourth-order valence-electron chi connectivity index (χ4n) is 3.22. The van der Waals surface area contributed by atoms with Crippen molar-refractivity contribution in [2.24, 2.45) is 0 Å². The second-order valence-electron chi connectivity index (χ2n) is 7.09. The molecule has 0 saturated carbocycles. The van der Waals surface area contributed by atoms with E-state index in [1.165, 1.54) is 11.1 Å². The average molecular weight is 389 g/mol. The van der Waals surface area contributed by atoms with Gasteiger partial charge >= 0.3 is 0 Å². The van der Waals surface area contributed by atoms with Crippen LogP contribution in [0.2, 0.25) is 0 Å². The van der Waals surface area contributed by atoms with Gasteiger partial charge in [0.15, 0.2) is 0 Å². The van der Waals surface area contributed by atoms with Gasteiger partial charge in [-0.1, -0.05) is 48.0 Å². The van der Waals surface area contributed by atoms with Crippen LogP contribution in [0.25, 0.3) is 6.08 Å². The monoisotopic (exact) mass is 389 g/mol. The lowest BCUT2D eigenvalue weighted by atomic mass is 10.1. The van der Waals surface area contributed by atoms with Gasteiger partial charge < -0.3 is 10.1 Å². The Hall–Kier alpha value is -3.34. The van der Waals surface area contributed by atoms with Crippen LogP contribution in [0.15, 0.2) is 54.6 Å². The minimum atomic E-state index is -0.152. The summed E-state index contributed by atoms with van der Waals surface area (Å²) in [6.07, 6.45) is 3.39. The standard InChI is InChI=1S/C24H27N3O2/c1-17-9-11-20(12-10-17)16-27-19(3)22(18(2)26-27)13-14-24(28)25-15-21-7-5-6-8-23(21)29-4/h5-14H,15-16H2,1-4H3,(H,25,28)/b14-13+. The zero-order valence-electron chi connectivity index (χ0n) is 17.4. The van der Waals surface area contributed by atoms with Crippen molar-refractivity contribution in [3.63, 3.8) is 0 Å². The topological polar surface area (TPSA) is 56.1 Å². The van der Waals surface area contributed by atoms with Gasteiger partial charge in [0.05, 0.1) is 19.3 Å². The summed E-state index contributed by atoms with van der Waals surface area (Å²) in [5.74, 6) is 0.613. The van der Waals surface area contributed by atoms with E-state index in [1.54, 1.807) is 13.2 Å². The first-order valence-corrected chi connectivity index (χ1v) is 9.65. The zero-order valence-corrected chi connectivity index (χ0v) is 17.4. The van der Waals surface area contributed by atoms with Gasteiger partial charge in [-0.15, -0.1) is 0 Å². The van der Waals surface area contributed by atoms with Crippen LogP contribution in [0.5, 0.6) is 5.75 Å². The summed E-state index contributed by atoms with van der Waals surface area (Å²) in [6, 6.07) is 16.1. The lowest BCUT2D eigenvalue weighted by molar-refractivity contribution is -0.116. The molecule has 150 valence electrons. The number of benzene rings is 2. The molecule has 2 aromatic carbocycles. The number of methoxy groups -OCH3 is 1. The van der Waals surface area contributed by atoms with E-state index in [9.17, 15) is 4.79 Å². The van der Waals surface area contributed by atoms with Crippen molar-refractivity contribution in [2.45, 2.75) is 33.9 Å². The van der Waals surface area contributed by atoms with Crippen molar-refractivity contribution in [2.75, 3.05) is 7.11 Å². The maximum Gasteiger partial charge on any atom is 0.244 e. The molecule has 1 amide bonds. The minimum absolute atomic E-state index is 0.152. The highest BCUT2D eigenvalue weighted by molar-refractivity contribution is 5.92. The molecular formula is C24H27N3O2. The zero-order chi connectivity index (χ0) is 20.8. The Labute approximate surface area is 172 Å². The summed E-state index contributed by atoms with van der Waals surface area (Å²) < 4.78 is 7.29. The van der Waals surface area contributed by atoms with Crippen LogP contribution >= 0.6 is 0 Å². The number of rotatable bonds is 7. The van der Waals surface area contributed by atoms with Gasteiger partial charge in [0.2, 0.25) is 5.91 Å². The van der Waals surface area contributed by atoms with Gasteiger partial charge in [-0.2, -0.15) is 5.10 Å². The van der Waals surface area contributed by atoms with Crippen LogP contribution in [-0.2, 0) is 17.9 Å². The normalized spacial score (nSPS) is 11.0. The van der Waals surface area contributed by atoms with Gasteiger partial charge in [0.1, 0.15) is 5.75 Å². The molecule has 0 bridgehead atoms. The minimum Gasteiger partial charge on any atom is -0.496 e. The average Bonchev–Trinajstić information content (AvgIpc) is 2.99. The van der Waals surface area contributed by atoms with E-state index in [0.29, 0.717) is 13.1 Å². The molecule has 0 atom stereocenters. The van der Waals surface area contributed by atoms with E-state index in [2.05, 4.69) is 41.6 Å². The molecule has 5 heteroatoms. The predicted molar refractivity (Wildman–Crippen MR) is 116 cm³/mol. The summed E-state index contributed by atoms with van der Waals surface area (Å²) >= 11 is 0. The summed E-state index contributed by atoms with van der Waals surface area (Å²) in [7, 11) is 1.63. The maximum absolute atomic E-state index is 12.3. The van der Waals surface area contributed by atoms with Crippen molar-refractivity contribution < 1.29 is 9.53 Å². The quantitative estimate of drug-likeness (QED) is 0.616. The maximum atomic E-state index is 12.3. The molecule has 5 nitrogen and oxygen atoms in total. The Morgan fingerprint density at radius 3 is 2.55 bits per heavy atom. The van der Waals surface area contributed by atoms with Crippen molar-refractivity contribution in [1.82, 2.24) is 15.1 Å². The third kappa shape index (κ3) is 5.13. The Morgan fingerprint density at radius 2 is 1.83 bits per heavy atom. The van der Waals surface area contributed by atoms with Crippen LogP contribution in [0.3, 0.4) is 0 Å². The highest BCUT2D eigenvalue weighted by atomic mass is 16.5. The van der Waals surface area contributed by atoms with Gasteiger partial charge in [0.25, 0.3) is 0 Å². The summed E-state index contributed by atoms with van der Waals surface area (Å²) in [6.45, 7) is 7.19. The summed E-state index contributed by atoms with van der Waals surface area (Å²) in [5.41, 5.74) is 6.30. The van der Waals surface area contributed by atoms with Crippen molar-refractivity contribution in [3.8, 4) is 5.75 Å². The molecule has 0 spiro atoms. The van der Waals surface area contributed by atoms with E-state index in [1.807, 2.05) is 48.9 Å². The first-order valence-electron chi connectivity index (χ1n) is 9.65. The Kier molecular flexibility index (Phi) is 6.50. The summed E-state index contributed by atoms with van der Waals surface area (Å²) in [5, 5.41) is 7.54. The number of hydrogen-bond acceptors (Lipinski definition) is 3. The Balaban J connectivity index is 1.66. The number of carbonyl (C=O) groups is 1. The van der Waals surface area contributed by atoms with Crippen LogP contribution in [0.4, 0.5) is 0 Å². The fourth-order valence-corrected chi connectivity index (χ4v) is 3.22. The van der Waals surface area contributed by atoms with E-state index in [4.69, 9.17) is 4.74 Å². The van der Waals surface area contributed by atoms with Gasteiger partial charge in [-0.3, -0.25) is 9.48 Å². The first-order chi connectivity index (χ1) is 14.0. The number of para-hydroxylation sites is 1. The highest BCUT2D eigenvalue weighted by Gasteiger charge is 2.10. The number of hydrogen-bond donors (Lipinski definition) is 1. The van der Waals surface area contributed by atoms with E-state index in [0.717, 1.165) is 28.3 Å². The number of nitrogens with zero attached hydrogens (tertiary/aromatic N) is 2. The molecule has 0 saturated heterocycles. The third-order valence-electron chi connectivity index (χ3n) is 4.94. The van der Waals surface area contributed by atoms with Gasteiger partial charge in [-0.25, -0.2) is 0 Å². The fraction of sp³-hybridized carbons (Fsp3) is 0.250. The van der Waals surface area contributed by atoms with Gasteiger partial charge in [-0.05, 0) is 38.5 Å². The van der Waals surface area contributed by atoms with Gasteiger partial charge in [0, 0.05) is 29.4 Å². The summed E-state index contributed by atoms with van der Waals surface area (Å²) in [4.78, 5) is 12.3. The molecule has 0 unspecified atom stereocenters. The second-order valence-corrected chi connectivity index (χ2v) is 7.09. The molecule has 1 N–H and O–H groups in total. The molecule has 0 radical (unpaired) electrons. The van der Waals surface area contributed by atoms with Crippen LogP contribution in [0, 0.1) is 20.8 Å². The van der Waals surface area contributed by atoms with E-state index >= 15 is 0 Å². The molecule has 29 heavy (non-hydrogen) atoms. The second kappa shape index (κ2) is 9.24. The smallest absolute Gasteiger partial charge is 0.244 e. The predicted octanol–water partition coefficient (Wildman–Crippen LogP) is 4.19. The van der Waals surface area contributed by atoms with Crippen molar-refractivity contribution in [3.05, 3.63) is 88.2 Å². The number of aryl methyl sites for hydroxylation is 2. The molecule has 0 aliphatic heterocycles. The number of nitrogens with one attached hydrogen (secondary N) is 1. The Bertz CT molecular complexity index is 1020. The number of amides is 1. The van der Waals surface area contributed by atoms with Crippen LogP contribution < -0.4 is 10.1 Å². The molecule has 1 aromatic heterocycles. The van der Waals surface area contributed by atoms with Crippen LogP contribution in [-0.4, -0.2) is 22.8 Å². The molecule has 3 aromatic rings. The molecule has 0 aliphatic rings. The van der Waals surface area contributed by atoms with E-state index in [-0.39, 0.29) is 5.91 Å². The van der Waals surface area contributed by atoms with Crippen LogP contribution in [0.1, 0.15) is 33.6 Å². The lowest BCUT2D eigenvalue weighted by Gasteiger charge is -2.08. The Morgan fingerprint density at radius 1 is 1.10 bits per heavy atom.